The van der Waals surface area contributed by atoms with E-state index >= 15 is 0 Å². The smallest absolute Gasteiger partial charge is 0.408 e. The summed E-state index contributed by atoms with van der Waals surface area (Å²) in [6.45, 7) is 9.70. The molecule has 9 nitrogen and oxygen atoms in total. The van der Waals surface area contributed by atoms with Gasteiger partial charge in [0.1, 0.15) is 11.6 Å². The Balaban J connectivity index is 2.15. The lowest BCUT2D eigenvalue weighted by Gasteiger charge is -2.33. The first-order valence-electron chi connectivity index (χ1n) is 10.1. The number of hydrogen-bond acceptors (Lipinski definition) is 5. The van der Waals surface area contributed by atoms with Crippen LogP contribution in [0.1, 0.15) is 47.5 Å². The zero-order valence-corrected chi connectivity index (χ0v) is 19.9. The van der Waals surface area contributed by atoms with E-state index in [0.717, 1.165) is 0 Å². The van der Waals surface area contributed by atoms with Crippen LogP contribution in [-0.2, 0) is 9.53 Å². The summed E-state index contributed by atoms with van der Waals surface area (Å²) < 4.78 is 5.30. The zero-order chi connectivity index (χ0) is 23.3. The van der Waals surface area contributed by atoms with E-state index in [1.807, 2.05) is 13.8 Å². The van der Waals surface area contributed by atoms with Gasteiger partial charge in [-0.2, -0.15) is 0 Å². The van der Waals surface area contributed by atoms with Crippen molar-refractivity contribution in [3.8, 4) is 0 Å². The third-order valence-corrected chi connectivity index (χ3v) is 5.20. The van der Waals surface area contributed by atoms with E-state index < -0.39 is 23.8 Å². The van der Waals surface area contributed by atoms with Crippen LogP contribution in [0.4, 0.5) is 15.4 Å². The average Bonchev–Trinajstić information content (AvgIpc) is 3.15. The third kappa shape index (κ3) is 6.87. The van der Waals surface area contributed by atoms with Gasteiger partial charge in [-0.1, -0.05) is 43.5 Å². The maximum atomic E-state index is 13.3. The van der Waals surface area contributed by atoms with Crippen LogP contribution in [0, 0.1) is 5.92 Å². The number of nitrogens with zero attached hydrogens (tertiary/aromatic N) is 3. The van der Waals surface area contributed by atoms with Gasteiger partial charge < -0.3 is 10.1 Å². The van der Waals surface area contributed by atoms with Gasteiger partial charge in [-0.05, 0) is 39.2 Å². The highest BCUT2D eigenvalue weighted by Gasteiger charge is 2.38. The topological polar surface area (TPSA) is 104 Å². The fraction of sp³-hybridized carbons (Fsp3) is 0.600. The van der Waals surface area contributed by atoms with E-state index in [0.29, 0.717) is 31.0 Å². The minimum absolute atomic E-state index is 0.140. The quantitative estimate of drug-likeness (QED) is 0.662. The number of alkyl carbamates (subject to hydrolysis) is 1. The number of ether oxygens (including phenoxy) is 1. The molecule has 1 fully saturated rings. The van der Waals surface area contributed by atoms with Crippen LogP contribution in [0.5, 0.6) is 0 Å². The number of aromatic nitrogens is 1. The number of carbonyl (C=O) groups is 3. The molecule has 172 valence electrons. The normalized spacial score (nSPS) is 16.0. The van der Waals surface area contributed by atoms with Crippen molar-refractivity contribution in [1.82, 2.24) is 20.3 Å². The molecule has 2 N–H and O–H groups in total. The Morgan fingerprint density at radius 3 is 2.45 bits per heavy atom. The van der Waals surface area contributed by atoms with Crippen LogP contribution in [0.15, 0.2) is 12.3 Å². The number of hydrazine groups is 1. The number of amides is 4. The number of nitrogens with one attached hydrogen (secondary N) is 2. The van der Waals surface area contributed by atoms with E-state index in [2.05, 4.69) is 15.6 Å². The largest absolute Gasteiger partial charge is 0.444 e. The maximum Gasteiger partial charge on any atom is 0.408 e. The number of pyridine rings is 1. The lowest BCUT2D eigenvalue weighted by molar-refractivity contribution is -0.143. The predicted molar refractivity (Wildman–Crippen MR) is 119 cm³/mol. The molecule has 2 rings (SSSR count). The lowest BCUT2D eigenvalue weighted by Crippen LogP contribution is -2.56. The number of halogens is 2. The Morgan fingerprint density at radius 2 is 1.87 bits per heavy atom. The molecule has 31 heavy (non-hydrogen) atoms. The average molecular weight is 474 g/mol. The first-order chi connectivity index (χ1) is 14.4. The first-order valence-corrected chi connectivity index (χ1v) is 10.9. The minimum atomic E-state index is -0.842. The molecule has 0 bridgehead atoms. The number of hydrogen-bond donors (Lipinski definition) is 2. The molecule has 1 aromatic heterocycles. The van der Waals surface area contributed by atoms with Gasteiger partial charge in [0.2, 0.25) is 0 Å². The van der Waals surface area contributed by atoms with E-state index in [-0.39, 0.29) is 22.7 Å². The molecule has 1 aliphatic rings. The van der Waals surface area contributed by atoms with Gasteiger partial charge in [-0.25, -0.2) is 24.6 Å². The van der Waals surface area contributed by atoms with Crippen molar-refractivity contribution < 1.29 is 19.1 Å². The van der Waals surface area contributed by atoms with Gasteiger partial charge in [0.25, 0.3) is 5.91 Å². The van der Waals surface area contributed by atoms with E-state index in [4.69, 9.17) is 27.9 Å². The minimum Gasteiger partial charge on any atom is -0.444 e. The molecule has 0 saturated carbocycles. The van der Waals surface area contributed by atoms with Crippen LogP contribution in [0.25, 0.3) is 0 Å². The van der Waals surface area contributed by atoms with Crippen LogP contribution < -0.4 is 10.6 Å². The highest BCUT2D eigenvalue weighted by atomic mass is 35.5. The van der Waals surface area contributed by atoms with Gasteiger partial charge in [0.05, 0.1) is 10.0 Å². The van der Waals surface area contributed by atoms with Crippen molar-refractivity contribution in [2.24, 2.45) is 5.92 Å². The second-order valence-corrected chi connectivity index (χ2v) is 9.21. The monoisotopic (exact) mass is 473 g/mol. The van der Waals surface area contributed by atoms with Crippen molar-refractivity contribution in [1.29, 1.82) is 0 Å². The van der Waals surface area contributed by atoms with E-state index in [1.54, 1.807) is 20.8 Å². The molecular formula is C20H29Cl2N5O4. The summed E-state index contributed by atoms with van der Waals surface area (Å²) in [5.41, 5.74) is -0.697. The third-order valence-electron chi connectivity index (χ3n) is 4.70. The molecule has 2 atom stereocenters. The van der Waals surface area contributed by atoms with Gasteiger partial charge in [0.15, 0.2) is 5.82 Å². The van der Waals surface area contributed by atoms with Gasteiger partial charge >= 0.3 is 12.1 Å². The van der Waals surface area contributed by atoms with Gasteiger partial charge in [-0.3, -0.25) is 10.1 Å². The standard InChI is InChI=1S/C20H29Cl2N5O4/c1-6-12(2)15(24-19(30)31-20(3,4)5)17(28)26-8-7-9-27(26)18(29)25-16-14(22)10-13(21)11-23-16/h10-12,15H,6-9H2,1-5H3,(H,24,30)(H,23,25,29). The summed E-state index contributed by atoms with van der Waals surface area (Å²) in [4.78, 5) is 42.4. The fourth-order valence-corrected chi connectivity index (χ4v) is 3.43. The van der Waals surface area contributed by atoms with Crippen LogP contribution in [0.2, 0.25) is 10.0 Å². The Morgan fingerprint density at radius 1 is 1.23 bits per heavy atom. The van der Waals surface area contributed by atoms with Crippen molar-refractivity contribution in [3.63, 3.8) is 0 Å². The Hall–Kier alpha value is -2.26. The first kappa shape index (κ1) is 25.0. The van der Waals surface area contributed by atoms with Crippen LogP contribution in [-0.4, -0.2) is 57.8 Å². The zero-order valence-electron chi connectivity index (χ0n) is 18.4. The number of carbonyl (C=O) groups excluding carboxylic acids is 3. The summed E-state index contributed by atoms with van der Waals surface area (Å²) in [6.07, 6.45) is 1.93. The second kappa shape index (κ2) is 10.4. The molecule has 0 aliphatic carbocycles. The molecule has 2 heterocycles. The van der Waals surface area contributed by atoms with E-state index in [1.165, 1.54) is 22.3 Å². The molecule has 2 unspecified atom stereocenters. The molecular weight excluding hydrogens is 445 g/mol. The van der Waals surface area contributed by atoms with Crippen molar-refractivity contribution in [3.05, 3.63) is 22.3 Å². The molecule has 0 radical (unpaired) electrons. The molecule has 0 spiro atoms. The Kier molecular flexibility index (Phi) is 8.36. The summed E-state index contributed by atoms with van der Waals surface area (Å²) in [7, 11) is 0. The molecule has 1 aromatic rings. The van der Waals surface area contributed by atoms with Crippen molar-refractivity contribution in [2.75, 3.05) is 18.4 Å². The maximum absolute atomic E-state index is 13.3. The molecule has 1 aliphatic heterocycles. The number of rotatable bonds is 5. The van der Waals surface area contributed by atoms with E-state index in [9.17, 15) is 14.4 Å². The second-order valence-electron chi connectivity index (χ2n) is 8.36. The summed E-state index contributed by atoms with van der Waals surface area (Å²) >= 11 is 11.9. The molecule has 1 saturated heterocycles. The molecule has 4 amide bonds. The summed E-state index contributed by atoms with van der Waals surface area (Å²) in [6, 6.07) is 0.0655. The van der Waals surface area contributed by atoms with Crippen LogP contribution in [0.3, 0.4) is 0 Å². The lowest BCUT2D eigenvalue weighted by atomic mass is 9.98. The van der Waals surface area contributed by atoms with Crippen LogP contribution >= 0.6 is 23.2 Å². The predicted octanol–water partition coefficient (Wildman–Crippen LogP) is 4.31. The van der Waals surface area contributed by atoms with Gasteiger partial charge in [0, 0.05) is 19.3 Å². The summed E-state index contributed by atoms with van der Waals surface area (Å²) in [5, 5.41) is 8.42. The van der Waals surface area contributed by atoms with Crippen molar-refractivity contribution in [2.45, 2.75) is 59.1 Å². The fourth-order valence-electron chi connectivity index (χ4n) is 3.00. The summed E-state index contributed by atoms with van der Waals surface area (Å²) in [5.74, 6) is -0.415. The van der Waals surface area contributed by atoms with Gasteiger partial charge in [-0.15, -0.1) is 0 Å². The highest BCUT2D eigenvalue weighted by Crippen LogP contribution is 2.24. The molecule has 0 aromatic carbocycles. The number of urea groups is 1. The molecule has 11 heteroatoms. The number of anilines is 1. The Labute approximate surface area is 192 Å². The SMILES string of the molecule is CCC(C)C(NC(=O)OC(C)(C)C)C(=O)N1CCCN1C(=O)Nc1ncc(Cl)cc1Cl. The Bertz CT molecular complexity index is 830. The van der Waals surface area contributed by atoms with Crippen molar-refractivity contribution >= 4 is 47.1 Å². The highest BCUT2D eigenvalue weighted by molar-refractivity contribution is 6.36.